The monoisotopic (exact) mass is 244 g/mol. The largest absolute Gasteiger partial charge is 0.360 e. The minimum Gasteiger partial charge on any atom is -0.360 e. The average molecular weight is 244 g/mol. The highest BCUT2D eigenvalue weighted by molar-refractivity contribution is 6.02. The van der Waals surface area contributed by atoms with Crippen molar-refractivity contribution in [3.8, 4) is 0 Å². The molecule has 0 unspecified atom stereocenters. The third kappa shape index (κ3) is 2.77. The summed E-state index contributed by atoms with van der Waals surface area (Å²) in [5, 5.41) is 6.55. The topological polar surface area (TPSA) is 55.1 Å². The van der Waals surface area contributed by atoms with Crippen molar-refractivity contribution in [1.29, 1.82) is 0 Å². The maximum Gasteiger partial charge on any atom is 0.277 e. The lowest BCUT2D eigenvalue weighted by Gasteiger charge is -2.12. The lowest BCUT2D eigenvalue weighted by atomic mass is 9.93. The second-order valence-corrected chi connectivity index (χ2v) is 5.15. The minimum absolute atomic E-state index is 0.154. The van der Waals surface area contributed by atoms with E-state index in [1.54, 1.807) is 6.07 Å². The number of aromatic nitrogens is 1. The molecule has 1 aromatic carbocycles. The molecule has 1 aromatic heterocycles. The zero-order valence-corrected chi connectivity index (χ0v) is 10.7. The van der Waals surface area contributed by atoms with Gasteiger partial charge < -0.3 is 9.84 Å². The minimum atomic E-state index is -0.263. The summed E-state index contributed by atoms with van der Waals surface area (Å²) in [5.41, 5.74) is 0.879. The van der Waals surface area contributed by atoms with E-state index >= 15 is 0 Å². The van der Waals surface area contributed by atoms with E-state index in [0.717, 1.165) is 5.69 Å². The fraction of sp³-hybridized carbons (Fsp3) is 0.286. The van der Waals surface area contributed by atoms with Crippen molar-refractivity contribution in [1.82, 2.24) is 5.16 Å². The number of nitrogens with one attached hydrogen (secondary N) is 1. The molecule has 2 rings (SSSR count). The van der Waals surface area contributed by atoms with Gasteiger partial charge in [-0.05, 0) is 12.1 Å². The predicted octanol–water partition coefficient (Wildman–Crippen LogP) is 3.22. The van der Waals surface area contributed by atoms with Crippen LogP contribution in [0.1, 0.15) is 37.0 Å². The second-order valence-electron chi connectivity index (χ2n) is 5.15. The first kappa shape index (κ1) is 12.4. The normalized spacial score (nSPS) is 11.3. The molecule has 0 aliphatic rings. The summed E-state index contributed by atoms with van der Waals surface area (Å²) in [6, 6.07) is 10.9. The van der Waals surface area contributed by atoms with E-state index < -0.39 is 0 Å². The van der Waals surface area contributed by atoms with Gasteiger partial charge in [0.15, 0.2) is 5.69 Å². The van der Waals surface area contributed by atoms with Gasteiger partial charge in [0.05, 0.1) is 0 Å². The van der Waals surface area contributed by atoms with Crippen LogP contribution >= 0.6 is 0 Å². The van der Waals surface area contributed by atoms with Crippen LogP contribution in [0, 0.1) is 0 Å². The highest BCUT2D eigenvalue weighted by atomic mass is 16.5. The van der Waals surface area contributed by atoms with Crippen molar-refractivity contribution in [2.75, 3.05) is 5.32 Å². The molecule has 0 aliphatic heterocycles. The van der Waals surface area contributed by atoms with Crippen molar-refractivity contribution in [3.05, 3.63) is 47.9 Å². The van der Waals surface area contributed by atoms with Gasteiger partial charge in [-0.1, -0.05) is 44.1 Å². The molecule has 1 N–H and O–H groups in total. The van der Waals surface area contributed by atoms with Crippen molar-refractivity contribution in [3.63, 3.8) is 0 Å². The Morgan fingerprint density at radius 2 is 1.89 bits per heavy atom. The summed E-state index contributed by atoms with van der Waals surface area (Å²) >= 11 is 0. The maximum atomic E-state index is 11.9. The molecule has 0 fully saturated rings. The summed E-state index contributed by atoms with van der Waals surface area (Å²) in [6.07, 6.45) is 0. The van der Waals surface area contributed by atoms with Crippen LogP contribution in [0.3, 0.4) is 0 Å². The molecule has 0 saturated heterocycles. The fourth-order valence-electron chi connectivity index (χ4n) is 1.45. The van der Waals surface area contributed by atoms with Gasteiger partial charge in [0.2, 0.25) is 0 Å². The molecule has 0 aliphatic carbocycles. The fourth-order valence-corrected chi connectivity index (χ4v) is 1.45. The van der Waals surface area contributed by atoms with Gasteiger partial charge in [-0.25, -0.2) is 0 Å². The molecule has 0 atom stereocenters. The van der Waals surface area contributed by atoms with Crippen molar-refractivity contribution in [2.45, 2.75) is 26.2 Å². The highest BCUT2D eigenvalue weighted by Crippen LogP contribution is 2.22. The summed E-state index contributed by atoms with van der Waals surface area (Å²) in [5.74, 6) is 0.432. The van der Waals surface area contributed by atoms with E-state index in [0.29, 0.717) is 11.5 Å². The quantitative estimate of drug-likeness (QED) is 0.882. The Hall–Kier alpha value is -2.10. The van der Waals surface area contributed by atoms with E-state index in [-0.39, 0.29) is 11.3 Å². The molecule has 0 radical (unpaired) electrons. The number of carbonyl (C=O) groups is 1. The Kier molecular flexibility index (Phi) is 3.19. The number of amides is 1. The van der Waals surface area contributed by atoms with Crippen LogP contribution in [0.25, 0.3) is 0 Å². The van der Waals surface area contributed by atoms with Gasteiger partial charge in [-0.2, -0.15) is 0 Å². The molecule has 0 spiro atoms. The Balaban J connectivity index is 2.13. The van der Waals surface area contributed by atoms with Gasteiger partial charge in [0, 0.05) is 17.2 Å². The molecular weight excluding hydrogens is 228 g/mol. The number of benzene rings is 1. The molecule has 2 aromatic rings. The van der Waals surface area contributed by atoms with Gasteiger partial charge in [0.1, 0.15) is 5.76 Å². The van der Waals surface area contributed by atoms with Crippen LogP contribution in [0.5, 0.6) is 0 Å². The smallest absolute Gasteiger partial charge is 0.277 e. The standard InChI is InChI=1S/C14H16N2O2/c1-14(2,3)12-9-11(16-18-12)13(17)15-10-7-5-4-6-8-10/h4-9H,1-3H3,(H,15,17). The zero-order chi connectivity index (χ0) is 13.2. The summed E-state index contributed by atoms with van der Waals surface area (Å²) in [7, 11) is 0. The van der Waals surface area contributed by atoms with Crippen LogP contribution in [0.2, 0.25) is 0 Å². The van der Waals surface area contributed by atoms with Crippen molar-refractivity contribution >= 4 is 11.6 Å². The molecule has 18 heavy (non-hydrogen) atoms. The molecule has 1 heterocycles. The number of hydrogen-bond acceptors (Lipinski definition) is 3. The van der Waals surface area contributed by atoms with Gasteiger partial charge in [-0.3, -0.25) is 4.79 Å². The molecule has 4 nitrogen and oxygen atoms in total. The van der Waals surface area contributed by atoms with E-state index in [1.165, 1.54) is 0 Å². The molecular formula is C14H16N2O2. The van der Waals surface area contributed by atoms with Crippen LogP contribution in [0.4, 0.5) is 5.69 Å². The lowest BCUT2D eigenvalue weighted by molar-refractivity contribution is 0.101. The summed E-state index contributed by atoms with van der Waals surface area (Å²) in [6.45, 7) is 6.02. The third-order valence-corrected chi connectivity index (χ3v) is 2.51. The second kappa shape index (κ2) is 4.64. The SMILES string of the molecule is CC(C)(C)c1cc(C(=O)Nc2ccccc2)no1. The van der Waals surface area contributed by atoms with Crippen molar-refractivity contribution in [2.24, 2.45) is 0 Å². The first-order valence-corrected chi connectivity index (χ1v) is 5.80. The van der Waals surface area contributed by atoms with E-state index in [4.69, 9.17) is 4.52 Å². The molecule has 1 amide bonds. The number of anilines is 1. The molecule has 94 valence electrons. The Morgan fingerprint density at radius 1 is 1.22 bits per heavy atom. The zero-order valence-electron chi connectivity index (χ0n) is 10.7. The first-order valence-electron chi connectivity index (χ1n) is 5.80. The van der Waals surface area contributed by atoms with Gasteiger partial charge >= 0.3 is 0 Å². The van der Waals surface area contributed by atoms with Crippen LogP contribution in [-0.2, 0) is 5.41 Å². The Bertz CT molecular complexity index is 538. The Morgan fingerprint density at radius 3 is 2.44 bits per heavy atom. The van der Waals surface area contributed by atoms with Crippen molar-refractivity contribution < 1.29 is 9.32 Å². The maximum absolute atomic E-state index is 11.9. The lowest BCUT2D eigenvalue weighted by Crippen LogP contribution is -2.12. The number of carbonyl (C=O) groups excluding carboxylic acids is 1. The molecule has 0 saturated carbocycles. The molecule has 0 bridgehead atoms. The molecule has 4 heteroatoms. The average Bonchev–Trinajstić information content (AvgIpc) is 2.79. The third-order valence-electron chi connectivity index (χ3n) is 2.51. The predicted molar refractivity (Wildman–Crippen MR) is 69.6 cm³/mol. The van der Waals surface area contributed by atoms with E-state index in [2.05, 4.69) is 10.5 Å². The van der Waals surface area contributed by atoms with Crippen LogP contribution in [0.15, 0.2) is 40.9 Å². The van der Waals surface area contributed by atoms with E-state index in [9.17, 15) is 4.79 Å². The number of nitrogens with zero attached hydrogens (tertiary/aromatic N) is 1. The van der Waals surface area contributed by atoms with E-state index in [1.807, 2.05) is 51.1 Å². The first-order chi connectivity index (χ1) is 8.47. The number of hydrogen-bond donors (Lipinski definition) is 1. The number of rotatable bonds is 2. The van der Waals surface area contributed by atoms with Gasteiger partial charge in [0.25, 0.3) is 5.91 Å². The Labute approximate surface area is 106 Å². The highest BCUT2D eigenvalue weighted by Gasteiger charge is 2.22. The van der Waals surface area contributed by atoms with Gasteiger partial charge in [-0.15, -0.1) is 0 Å². The number of para-hydroxylation sites is 1. The van der Waals surface area contributed by atoms with Crippen LogP contribution in [-0.4, -0.2) is 11.1 Å². The summed E-state index contributed by atoms with van der Waals surface area (Å²) in [4.78, 5) is 11.9. The van der Waals surface area contributed by atoms with Crippen LogP contribution < -0.4 is 5.32 Å². The summed E-state index contributed by atoms with van der Waals surface area (Å²) < 4.78 is 5.18.